The van der Waals surface area contributed by atoms with Crippen LogP contribution in [0.4, 0.5) is 5.69 Å². The van der Waals surface area contributed by atoms with Gasteiger partial charge in [-0.15, -0.1) is 0 Å². The maximum absolute atomic E-state index is 13.9. The number of nitrogens with one attached hydrogen (secondary N) is 1. The van der Waals surface area contributed by atoms with E-state index in [1.807, 2.05) is 45.0 Å². The molecule has 9 heteroatoms. The average molecular weight is 601 g/mol. The van der Waals surface area contributed by atoms with Crippen molar-refractivity contribution in [3.8, 4) is 0 Å². The molecule has 202 valence electrons. The predicted octanol–water partition coefficient (Wildman–Crippen LogP) is 5.28. The summed E-state index contributed by atoms with van der Waals surface area (Å²) in [6.07, 6.45) is 0.746. The van der Waals surface area contributed by atoms with E-state index in [0.29, 0.717) is 5.69 Å². The number of halogens is 1. The van der Waals surface area contributed by atoms with E-state index in [0.717, 1.165) is 26.3 Å². The molecule has 0 fully saturated rings. The van der Waals surface area contributed by atoms with E-state index >= 15 is 0 Å². The number of sulfonamides is 1. The molecule has 0 saturated heterocycles. The van der Waals surface area contributed by atoms with Crippen LogP contribution in [0.1, 0.15) is 38.3 Å². The number of aryl methyl sites for hydroxylation is 1. The van der Waals surface area contributed by atoms with Gasteiger partial charge in [0.15, 0.2) is 0 Å². The Bertz CT molecular complexity index is 1330. The normalized spacial score (nSPS) is 12.9. The van der Waals surface area contributed by atoms with Gasteiger partial charge in [-0.3, -0.25) is 13.9 Å². The summed E-state index contributed by atoms with van der Waals surface area (Å²) in [7, 11) is -4.07. The number of para-hydroxylation sites is 1. The fraction of sp³-hybridized carbons (Fsp3) is 0.310. The fourth-order valence-corrected chi connectivity index (χ4v) is 5.47. The average Bonchev–Trinajstić information content (AvgIpc) is 2.91. The summed E-state index contributed by atoms with van der Waals surface area (Å²) in [6, 6.07) is 21.6. The molecule has 1 N–H and O–H groups in total. The lowest BCUT2D eigenvalue weighted by atomic mass is 10.1. The van der Waals surface area contributed by atoms with E-state index in [2.05, 4.69) is 21.2 Å². The first-order valence-corrected chi connectivity index (χ1v) is 14.7. The highest BCUT2D eigenvalue weighted by Crippen LogP contribution is 2.25. The van der Waals surface area contributed by atoms with Gasteiger partial charge >= 0.3 is 0 Å². The summed E-state index contributed by atoms with van der Waals surface area (Å²) < 4.78 is 29.5. The van der Waals surface area contributed by atoms with Crippen molar-refractivity contribution >= 4 is 43.5 Å². The van der Waals surface area contributed by atoms with Crippen molar-refractivity contribution in [3.63, 3.8) is 0 Å². The quantitative estimate of drug-likeness (QED) is 0.324. The number of hydrogen-bond acceptors (Lipinski definition) is 4. The molecule has 38 heavy (non-hydrogen) atoms. The summed E-state index contributed by atoms with van der Waals surface area (Å²) in [5.41, 5.74) is 2.10. The van der Waals surface area contributed by atoms with E-state index in [9.17, 15) is 18.0 Å². The van der Waals surface area contributed by atoms with Gasteiger partial charge in [0.1, 0.15) is 12.6 Å². The van der Waals surface area contributed by atoms with Crippen molar-refractivity contribution < 1.29 is 18.0 Å². The molecule has 0 bridgehead atoms. The zero-order valence-electron chi connectivity index (χ0n) is 22.1. The van der Waals surface area contributed by atoms with Crippen LogP contribution in [0.2, 0.25) is 0 Å². The number of anilines is 1. The predicted molar refractivity (Wildman–Crippen MR) is 154 cm³/mol. The Morgan fingerprint density at radius 3 is 2.11 bits per heavy atom. The van der Waals surface area contributed by atoms with Gasteiger partial charge in [-0.2, -0.15) is 0 Å². The summed E-state index contributed by atoms with van der Waals surface area (Å²) in [5, 5.41) is 2.93. The first kappa shape index (κ1) is 29.4. The van der Waals surface area contributed by atoms with Crippen LogP contribution in [-0.4, -0.2) is 43.8 Å². The zero-order valence-corrected chi connectivity index (χ0v) is 24.5. The molecule has 0 spiro atoms. The second-order valence-corrected chi connectivity index (χ2v) is 12.1. The Hall–Kier alpha value is -3.17. The minimum absolute atomic E-state index is 0.0580. The van der Waals surface area contributed by atoms with Gasteiger partial charge in [0.25, 0.3) is 10.0 Å². The second kappa shape index (κ2) is 13.1. The van der Waals surface area contributed by atoms with Crippen molar-refractivity contribution in [3.05, 3.63) is 94.5 Å². The third-order valence-electron chi connectivity index (χ3n) is 6.37. The highest BCUT2D eigenvalue weighted by molar-refractivity contribution is 9.10. The molecule has 0 aliphatic heterocycles. The third-order valence-corrected chi connectivity index (χ3v) is 8.68. The molecule has 0 aliphatic carbocycles. The van der Waals surface area contributed by atoms with E-state index in [1.54, 1.807) is 49.4 Å². The Morgan fingerprint density at radius 2 is 1.53 bits per heavy atom. The molecular formula is C29H34BrN3O4S. The van der Waals surface area contributed by atoms with Crippen molar-refractivity contribution in [1.29, 1.82) is 0 Å². The number of hydrogen-bond donors (Lipinski definition) is 1. The fourth-order valence-electron chi connectivity index (χ4n) is 3.80. The standard InChI is InChI=1S/C29H34BrN3O4S/c1-5-22(3)31-29(35)23(4)32(19-24-13-15-25(30)16-14-24)28(34)20-33(26-9-7-6-8-10-26)38(36,37)27-17-11-21(2)12-18-27/h6-18,22-23H,5,19-20H2,1-4H3,(H,31,35)/t22-,23-/m1/s1. The molecule has 0 aliphatic rings. The van der Waals surface area contributed by atoms with Gasteiger partial charge in [0.05, 0.1) is 10.6 Å². The molecule has 2 amide bonds. The lowest BCUT2D eigenvalue weighted by molar-refractivity contribution is -0.139. The van der Waals surface area contributed by atoms with Gasteiger partial charge in [0, 0.05) is 17.1 Å². The molecular weight excluding hydrogens is 566 g/mol. The highest BCUT2D eigenvalue weighted by atomic mass is 79.9. The third kappa shape index (κ3) is 7.45. The lowest BCUT2D eigenvalue weighted by Gasteiger charge is -2.32. The maximum atomic E-state index is 13.9. The van der Waals surface area contributed by atoms with Crippen LogP contribution in [0.15, 0.2) is 88.2 Å². The van der Waals surface area contributed by atoms with Crippen LogP contribution in [0, 0.1) is 6.92 Å². The highest BCUT2D eigenvalue weighted by Gasteiger charge is 2.32. The van der Waals surface area contributed by atoms with Crippen LogP contribution >= 0.6 is 15.9 Å². The summed E-state index contributed by atoms with van der Waals surface area (Å²) >= 11 is 3.42. The minimum atomic E-state index is -4.07. The molecule has 0 unspecified atom stereocenters. The van der Waals surface area contributed by atoms with Crippen molar-refractivity contribution in [2.24, 2.45) is 0 Å². The lowest BCUT2D eigenvalue weighted by Crippen LogP contribution is -2.52. The van der Waals surface area contributed by atoms with Crippen LogP contribution in [0.5, 0.6) is 0 Å². The van der Waals surface area contributed by atoms with Gasteiger partial charge in [-0.25, -0.2) is 8.42 Å². The molecule has 0 aromatic heterocycles. The number of carbonyl (C=O) groups excluding carboxylic acids is 2. The minimum Gasteiger partial charge on any atom is -0.352 e. The molecule has 2 atom stereocenters. The Labute approximate surface area is 234 Å². The number of nitrogens with zero attached hydrogens (tertiary/aromatic N) is 2. The molecule has 0 heterocycles. The van der Waals surface area contributed by atoms with Crippen LogP contribution < -0.4 is 9.62 Å². The van der Waals surface area contributed by atoms with Gasteiger partial charge < -0.3 is 10.2 Å². The molecule has 0 saturated carbocycles. The Kier molecular flexibility index (Phi) is 10.1. The van der Waals surface area contributed by atoms with Crippen LogP contribution in [0.3, 0.4) is 0 Å². The summed E-state index contributed by atoms with van der Waals surface area (Å²) in [6.45, 7) is 7.09. The summed E-state index contributed by atoms with van der Waals surface area (Å²) in [5.74, 6) is -0.781. The maximum Gasteiger partial charge on any atom is 0.264 e. The van der Waals surface area contributed by atoms with Crippen molar-refractivity contribution in [1.82, 2.24) is 10.2 Å². The van der Waals surface area contributed by atoms with E-state index in [4.69, 9.17) is 0 Å². The second-order valence-electron chi connectivity index (χ2n) is 9.30. The summed E-state index contributed by atoms with van der Waals surface area (Å²) in [4.78, 5) is 28.4. The van der Waals surface area contributed by atoms with Crippen LogP contribution in [-0.2, 0) is 26.2 Å². The van der Waals surface area contributed by atoms with Crippen LogP contribution in [0.25, 0.3) is 0 Å². The van der Waals surface area contributed by atoms with E-state index in [1.165, 1.54) is 17.0 Å². The van der Waals surface area contributed by atoms with Crippen molar-refractivity contribution in [2.75, 3.05) is 10.8 Å². The topological polar surface area (TPSA) is 86.8 Å². The van der Waals surface area contributed by atoms with Gasteiger partial charge in [0.2, 0.25) is 11.8 Å². The largest absolute Gasteiger partial charge is 0.352 e. The molecule has 7 nitrogen and oxygen atoms in total. The monoisotopic (exact) mass is 599 g/mol. The first-order chi connectivity index (χ1) is 18.0. The van der Waals surface area contributed by atoms with Gasteiger partial charge in [-0.05, 0) is 69.2 Å². The van der Waals surface area contributed by atoms with Gasteiger partial charge in [-0.1, -0.05) is 70.9 Å². The van der Waals surface area contributed by atoms with E-state index in [-0.39, 0.29) is 23.4 Å². The number of rotatable bonds is 11. The molecule has 3 aromatic carbocycles. The number of amides is 2. The molecule has 3 rings (SSSR count). The first-order valence-electron chi connectivity index (χ1n) is 12.5. The smallest absolute Gasteiger partial charge is 0.264 e. The Balaban J connectivity index is 1.99. The van der Waals surface area contributed by atoms with E-state index < -0.39 is 28.5 Å². The number of carbonyl (C=O) groups is 2. The molecule has 0 radical (unpaired) electrons. The van der Waals surface area contributed by atoms with Crippen molar-refractivity contribution in [2.45, 2.75) is 57.6 Å². The Morgan fingerprint density at radius 1 is 0.921 bits per heavy atom. The SMILES string of the molecule is CC[C@@H](C)NC(=O)[C@@H](C)N(Cc1ccc(Br)cc1)C(=O)CN(c1ccccc1)S(=O)(=O)c1ccc(C)cc1. The number of benzene rings is 3. The zero-order chi connectivity index (χ0) is 27.9. The molecule has 3 aromatic rings.